The molecule has 0 saturated heterocycles. The lowest BCUT2D eigenvalue weighted by Crippen LogP contribution is -2.37. The average Bonchev–Trinajstić information content (AvgIpc) is 3.08. The first-order valence-corrected chi connectivity index (χ1v) is 7.39. The fraction of sp³-hybridized carbons (Fsp3) is 0.529. The van der Waals surface area contributed by atoms with Gasteiger partial charge in [0.05, 0.1) is 6.10 Å². The van der Waals surface area contributed by atoms with E-state index >= 15 is 0 Å². The second kappa shape index (κ2) is 5.48. The lowest BCUT2D eigenvalue weighted by Gasteiger charge is -2.27. The van der Waals surface area contributed by atoms with Gasteiger partial charge in [-0.3, -0.25) is 0 Å². The van der Waals surface area contributed by atoms with Gasteiger partial charge in [0.1, 0.15) is 0 Å². The summed E-state index contributed by atoms with van der Waals surface area (Å²) in [4.78, 5) is 0. The molecule has 1 aromatic rings. The molecule has 1 saturated carbocycles. The lowest BCUT2D eigenvalue weighted by atomic mass is 9.87. The molecule has 2 heteroatoms. The van der Waals surface area contributed by atoms with E-state index in [4.69, 9.17) is 0 Å². The van der Waals surface area contributed by atoms with Crippen molar-refractivity contribution in [2.75, 3.05) is 6.54 Å². The Bertz CT molecular complexity index is 442. The topological polar surface area (TPSA) is 32.3 Å². The van der Waals surface area contributed by atoms with Crippen molar-refractivity contribution in [3.05, 3.63) is 48.0 Å². The highest BCUT2D eigenvalue weighted by Crippen LogP contribution is 2.44. The van der Waals surface area contributed by atoms with Crippen LogP contribution in [0.3, 0.4) is 0 Å². The predicted molar refractivity (Wildman–Crippen MR) is 77.7 cm³/mol. The summed E-state index contributed by atoms with van der Waals surface area (Å²) in [6.07, 6.45) is 7.03. The first-order valence-electron chi connectivity index (χ1n) is 7.39. The van der Waals surface area contributed by atoms with Crippen molar-refractivity contribution < 1.29 is 5.11 Å². The van der Waals surface area contributed by atoms with Gasteiger partial charge in [0.2, 0.25) is 0 Å². The molecule has 5 unspecified atom stereocenters. The SMILES string of the molecule is CC(NCC(O)c1ccccc1)C1CC2C=CC1C2. The lowest BCUT2D eigenvalue weighted by molar-refractivity contribution is 0.163. The van der Waals surface area contributed by atoms with E-state index in [0.717, 1.165) is 23.3 Å². The van der Waals surface area contributed by atoms with Gasteiger partial charge in [-0.15, -0.1) is 0 Å². The van der Waals surface area contributed by atoms with E-state index in [0.29, 0.717) is 12.6 Å². The van der Waals surface area contributed by atoms with Crippen LogP contribution in [0.25, 0.3) is 0 Å². The quantitative estimate of drug-likeness (QED) is 0.795. The number of allylic oxidation sites excluding steroid dienone is 2. The first-order chi connectivity index (χ1) is 9.24. The van der Waals surface area contributed by atoms with Gasteiger partial charge in [0.25, 0.3) is 0 Å². The summed E-state index contributed by atoms with van der Waals surface area (Å²) >= 11 is 0. The molecule has 1 fully saturated rings. The second-order valence-electron chi connectivity index (χ2n) is 6.07. The van der Waals surface area contributed by atoms with Crippen molar-refractivity contribution in [3.63, 3.8) is 0 Å². The van der Waals surface area contributed by atoms with E-state index in [9.17, 15) is 5.11 Å². The fourth-order valence-electron chi connectivity index (χ4n) is 3.64. The van der Waals surface area contributed by atoms with Crippen molar-refractivity contribution in [1.82, 2.24) is 5.32 Å². The van der Waals surface area contributed by atoms with Gasteiger partial charge in [-0.1, -0.05) is 42.5 Å². The normalized spacial score (nSPS) is 31.6. The number of rotatable bonds is 5. The monoisotopic (exact) mass is 257 g/mol. The minimum absolute atomic E-state index is 0.405. The molecule has 2 nitrogen and oxygen atoms in total. The molecule has 1 aromatic carbocycles. The summed E-state index contributed by atoms with van der Waals surface area (Å²) < 4.78 is 0. The van der Waals surface area contributed by atoms with Crippen molar-refractivity contribution in [3.8, 4) is 0 Å². The van der Waals surface area contributed by atoms with Gasteiger partial charge >= 0.3 is 0 Å². The largest absolute Gasteiger partial charge is 0.387 e. The summed E-state index contributed by atoms with van der Waals surface area (Å²) in [5, 5.41) is 13.7. The molecule has 0 heterocycles. The zero-order valence-corrected chi connectivity index (χ0v) is 11.5. The highest BCUT2D eigenvalue weighted by molar-refractivity contribution is 5.17. The number of nitrogens with one attached hydrogen (secondary N) is 1. The van der Waals surface area contributed by atoms with Crippen LogP contribution < -0.4 is 5.32 Å². The van der Waals surface area contributed by atoms with Gasteiger partial charge < -0.3 is 10.4 Å². The average molecular weight is 257 g/mol. The highest BCUT2D eigenvalue weighted by Gasteiger charge is 2.38. The molecule has 2 N–H and O–H groups in total. The number of benzene rings is 1. The number of hydrogen-bond acceptors (Lipinski definition) is 2. The molecule has 0 aromatic heterocycles. The van der Waals surface area contributed by atoms with Gasteiger partial charge in [0, 0.05) is 12.6 Å². The smallest absolute Gasteiger partial charge is 0.0914 e. The molecule has 19 heavy (non-hydrogen) atoms. The van der Waals surface area contributed by atoms with Crippen molar-refractivity contribution in [2.24, 2.45) is 17.8 Å². The van der Waals surface area contributed by atoms with Crippen molar-refractivity contribution in [1.29, 1.82) is 0 Å². The Hall–Kier alpha value is -1.12. The number of fused-ring (bicyclic) bond motifs is 2. The van der Waals surface area contributed by atoms with Crippen molar-refractivity contribution in [2.45, 2.75) is 31.9 Å². The first kappa shape index (κ1) is 12.9. The Morgan fingerprint density at radius 1 is 1.21 bits per heavy atom. The summed E-state index contributed by atoms with van der Waals surface area (Å²) in [7, 11) is 0. The summed E-state index contributed by atoms with van der Waals surface area (Å²) in [6, 6.07) is 10.4. The molecule has 5 atom stereocenters. The third-order valence-electron chi connectivity index (χ3n) is 4.79. The minimum atomic E-state index is -0.405. The van der Waals surface area contributed by atoms with Gasteiger partial charge in [-0.05, 0) is 43.1 Å². The Labute approximate surface area is 115 Å². The molecular weight excluding hydrogens is 234 g/mol. The molecule has 3 rings (SSSR count). The molecule has 0 radical (unpaired) electrons. The van der Waals surface area contributed by atoms with E-state index in [1.165, 1.54) is 12.8 Å². The maximum Gasteiger partial charge on any atom is 0.0914 e. The van der Waals surface area contributed by atoms with Gasteiger partial charge in [-0.2, -0.15) is 0 Å². The molecule has 102 valence electrons. The van der Waals surface area contributed by atoms with Crippen LogP contribution in [0.5, 0.6) is 0 Å². The Balaban J connectivity index is 1.51. The van der Waals surface area contributed by atoms with Crippen molar-refractivity contribution >= 4 is 0 Å². The van der Waals surface area contributed by atoms with Crippen LogP contribution in [0, 0.1) is 17.8 Å². The van der Waals surface area contributed by atoms with Crippen LogP contribution in [0.2, 0.25) is 0 Å². The number of hydrogen-bond donors (Lipinski definition) is 2. The Morgan fingerprint density at radius 2 is 2.00 bits per heavy atom. The minimum Gasteiger partial charge on any atom is -0.387 e. The van der Waals surface area contributed by atoms with Crippen LogP contribution in [0.15, 0.2) is 42.5 Å². The molecule has 2 aliphatic rings. The van der Waals surface area contributed by atoms with Crippen LogP contribution in [-0.2, 0) is 0 Å². The van der Waals surface area contributed by atoms with Crippen LogP contribution in [0.4, 0.5) is 0 Å². The molecule has 0 aliphatic heterocycles. The van der Waals surface area contributed by atoms with Crippen LogP contribution in [-0.4, -0.2) is 17.7 Å². The van der Waals surface area contributed by atoms with E-state index in [1.807, 2.05) is 30.3 Å². The van der Waals surface area contributed by atoms with E-state index in [2.05, 4.69) is 24.4 Å². The predicted octanol–water partition coefficient (Wildman–Crippen LogP) is 2.91. The number of aliphatic hydroxyl groups excluding tert-OH is 1. The molecule has 2 aliphatic carbocycles. The van der Waals surface area contributed by atoms with E-state index in [-0.39, 0.29) is 0 Å². The van der Waals surface area contributed by atoms with E-state index < -0.39 is 6.10 Å². The fourth-order valence-corrected chi connectivity index (χ4v) is 3.64. The highest BCUT2D eigenvalue weighted by atomic mass is 16.3. The molecule has 0 spiro atoms. The summed E-state index contributed by atoms with van der Waals surface area (Å²) in [5.74, 6) is 2.33. The standard InChI is InChI=1S/C17H23NO/c1-12(16-10-13-7-8-15(16)9-13)18-11-17(19)14-5-3-2-4-6-14/h2-8,12-13,15-19H,9-11H2,1H3. The van der Waals surface area contributed by atoms with E-state index in [1.54, 1.807) is 0 Å². The number of aliphatic hydroxyl groups is 1. The van der Waals surface area contributed by atoms with Crippen LogP contribution >= 0.6 is 0 Å². The molecular formula is C17H23NO. The molecule has 0 amide bonds. The van der Waals surface area contributed by atoms with Gasteiger partial charge in [0.15, 0.2) is 0 Å². The van der Waals surface area contributed by atoms with Crippen LogP contribution in [0.1, 0.15) is 31.4 Å². The third-order valence-corrected chi connectivity index (χ3v) is 4.79. The summed E-state index contributed by atoms with van der Waals surface area (Å²) in [5.41, 5.74) is 0.995. The maximum absolute atomic E-state index is 10.2. The Kier molecular flexibility index (Phi) is 3.72. The second-order valence-corrected chi connectivity index (χ2v) is 6.07. The Morgan fingerprint density at radius 3 is 2.63 bits per heavy atom. The zero-order valence-electron chi connectivity index (χ0n) is 11.5. The molecule has 2 bridgehead atoms. The third kappa shape index (κ3) is 2.75. The zero-order chi connectivity index (χ0) is 13.2. The maximum atomic E-state index is 10.2. The van der Waals surface area contributed by atoms with Gasteiger partial charge in [-0.25, -0.2) is 0 Å². The summed E-state index contributed by atoms with van der Waals surface area (Å²) in [6.45, 7) is 2.90.